The fourth-order valence-corrected chi connectivity index (χ4v) is 7.52. The van der Waals surface area contributed by atoms with Gasteiger partial charge in [0.05, 0.1) is 28.1 Å². The molecule has 4 aromatic carbocycles. The Balaban J connectivity index is 0.927. The van der Waals surface area contributed by atoms with Gasteiger partial charge in [-0.3, -0.25) is 24.0 Å². The summed E-state index contributed by atoms with van der Waals surface area (Å²) in [7, 11) is 1.86. The van der Waals surface area contributed by atoms with Crippen LogP contribution in [0, 0.1) is 13.8 Å². The molecule has 3 amide bonds. The van der Waals surface area contributed by atoms with Gasteiger partial charge in [-0.05, 0) is 111 Å². The van der Waals surface area contributed by atoms with Gasteiger partial charge in [-0.25, -0.2) is 0 Å². The number of imide groups is 1. The summed E-state index contributed by atoms with van der Waals surface area (Å²) in [5.74, 6) is -0.559. The van der Waals surface area contributed by atoms with Crippen LogP contribution in [0.2, 0.25) is 5.02 Å². The number of ether oxygens (including phenoxy) is 1. The van der Waals surface area contributed by atoms with Crippen LogP contribution in [0.5, 0.6) is 11.5 Å². The third-order valence-electron chi connectivity index (χ3n) is 10.3. The van der Waals surface area contributed by atoms with E-state index in [0.717, 1.165) is 58.7 Å². The number of rotatable bonds is 13. The van der Waals surface area contributed by atoms with Gasteiger partial charge in [-0.15, -0.1) is 0 Å². The molecule has 1 fully saturated rings. The first-order chi connectivity index (χ1) is 26.5. The van der Waals surface area contributed by atoms with Crippen molar-refractivity contribution in [1.82, 2.24) is 20.0 Å². The summed E-state index contributed by atoms with van der Waals surface area (Å²) in [6.07, 6.45) is 4.66. The van der Waals surface area contributed by atoms with Crippen LogP contribution in [0.3, 0.4) is 0 Å². The Morgan fingerprint density at radius 2 is 1.71 bits per heavy atom. The lowest BCUT2D eigenvalue weighted by molar-refractivity contribution is -0.125. The number of carbonyl (C=O) groups excluding carboxylic acids is 3. The van der Waals surface area contributed by atoms with Crippen molar-refractivity contribution in [2.75, 3.05) is 11.9 Å². The van der Waals surface area contributed by atoms with Crippen LogP contribution in [-0.4, -0.2) is 50.1 Å². The number of amides is 3. The van der Waals surface area contributed by atoms with Crippen molar-refractivity contribution < 1.29 is 24.2 Å². The van der Waals surface area contributed by atoms with E-state index in [0.29, 0.717) is 70.4 Å². The number of phenols is 1. The number of fused-ring (bicyclic) bond motifs is 1. The smallest absolute Gasteiger partial charge is 0.264 e. The van der Waals surface area contributed by atoms with Crippen molar-refractivity contribution in [3.8, 4) is 33.9 Å². The first-order valence-corrected chi connectivity index (χ1v) is 19.0. The number of unbranched alkanes of at least 4 members (excludes halogenated alkanes) is 2. The maximum atomic E-state index is 13.4. The third kappa shape index (κ3) is 7.73. The standard InChI is InChI=1S/C44H44ClN5O5/c1-26-23-31(17-19-34(26)45)39-38(21-18-32(41(39)51)37-24-28(3)48-49(37)4)55-25-30-15-13-29(14-16-30)9-6-5-7-22-46-35-11-8-10-33-40(35)44(54)50(43(33)53)36-20-12-27(2)47-42(36)52/h8,10-11,13-19,21,23-24,36,46,51H,2,5-7,9,12,20,22,25H2,1,3-4H3,(H,47,52). The number of anilines is 1. The molecular formula is C44H44ClN5O5. The van der Waals surface area contributed by atoms with E-state index in [1.54, 1.807) is 16.8 Å². The SMILES string of the molecule is C=C1CCC(N2C(=O)c3cccc(NCCCCCc4ccc(COc5ccc(-c6cc(C)nn6C)c(O)c5-c5ccc(Cl)c(C)c5)cc4)c3C2=O)C(=O)N1. The minimum atomic E-state index is -0.834. The topological polar surface area (TPSA) is 126 Å². The summed E-state index contributed by atoms with van der Waals surface area (Å²) < 4.78 is 8.12. The van der Waals surface area contributed by atoms with Crippen molar-refractivity contribution in [3.63, 3.8) is 0 Å². The van der Waals surface area contributed by atoms with E-state index in [9.17, 15) is 19.5 Å². The zero-order valence-electron chi connectivity index (χ0n) is 31.2. The molecule has 0 saturated carbocycles. The van der Waals surface area contributed by atoms with E-state index in [1.165, 1.54) is 5.56 Å². The molecule has 0 spiro atoms. The van der Waals surface area contributed by atoms with Crippen LogP contribution < -0.4 is 15.4 Å². The van der Waals surface area contributed by atoms with Gasteiger partial charge in [-0.2, -0.15) is 5.10 Å². The van der Waals surface area contributed by atoms with E-state index < -0.39 is 17.9 Å². The van der Waals surface area contributed by atoms with Gasteiger partial charge in [0.1, 0.15) is 24.1 Å². The lowest BCUT2D eigenvalue weighted by atomic mass is 9.97. The first-order valence-electron chi connectivity index (χ1n) is 18.6. The number of aryl methyl sites for hydroxylation is 4. The molecule has 10 nitrogen and oxygen atoms in total. The largest absolute Gasteiger partial charge is 0.506 e. The van der Waals surface area contributed by atoms with Crippen molar-refractivity contribution in [3.05, 3.63) is 130 Å². The Labute approximate surface area is 325 Å². The summed E-state index contributed by atoms with van der Waals surface area (Å²) in [6.45, 7) is 8.62. The molecule has 2 aliphatic rings. The number of nitrogens with zero attached hydrogens (tertiary/aromatic N) is 3. The number of aromatic nitrogens is 2. The molecule has 282 valence electrons. The minimum absolute atomic E-state index is 0.118. The zero-order chi connectivity index (χ0) is 38.8. The van der Waals surface area contributed by atoms with Crippen LogP contribution in [-0.2, 0) is 24.9 Å². The number of hydrogen-bond donors (Lipinski definition) is 3. The molecule has 11 heteroatoms. The number of allylic oxidation sites excluding steroid dienone is 1. The Morgan fingerprint density at radius 3 is 2.44 bits per heavy atom. The van der Waals surface area contributed by atoms with E-state index in [2.05, 4.69) is 46.6 Å². The highest BCUT2D eigenvalue weighted by Gasteiger charge is 2.45. The molecule has 2 aliphatic heterocycles. The summed E-state index contributed by atoms with van der Waals surface area (Å²) in [5, 5.41) is 22.8. The summed E-state index contributed by atoms with van der Waals surface area (Å²) in [4.78, 5) is 40.3. The van der Waals surface area contributed by atoms with Gasteiger partial charge in [0.25, 0.3) is 11.8 Å². The Hall–Kier alpha value is -5.87. The van der Waals surface area contributed by atoms with Crippen molar-refractivity contribution in [1.29, 1.82) is 0 Å². The molecular weight excluding hydrogens is 714 g/mol. The molecule has 1 unspecified atom stereocenters. The normalized spacial score (nSPS) is 15.3. The second-order valence-corrected chi connectivity index (χ2v) is 14.7. The molecule has 5 aromatic rings. The number of halogens is 1. The van der Waals surface area contributed by atoms with Crippen LogP contribution in [0.1, 0.15) is 75.2 Å². The second-order valence-electron chi connectivity index (χ2n) is 14.3. The zero-order valence-corrected chi connectivity index (χ0v) is 32.0. The highest BCUT2D eigenvalue weighted by molar-refractivity contribution is 6.31. The summed E-state index contributed by atoms with van der Waals surface area (Å²) in [6, 6.07) is 24.1. The van der Waals surface area contributed by atoms with E-state index >= 15 is 0 Å². The molecule has 1 saturated heterocycles. The van der Waals surface area contributed by atoms with Gasteiger partial charge in [0.15, 0.2) is 0 Å². The molecule has 0 aliphatic carbocycles. The molecule has 3 heterocycles. The summed E-state index contributed by atoms with van der Waals surface area (Å²) in [5.41, 5.74) is 8.74. The number of hydrogen-bond acceptors (Lipinski definition) is 7. The van der Waals surface area contributed by atoms with Crippen LogP contribution in [0.25, 0.3) is 22.4 Å². The first kappa shape index (κ1) is 37.4. The van der Waals surface area contributed by atoms with E-state index in [1.807, 2.05) is 63.4 Å². The quantitative estimate of drug-likeness (QED) is 0.0812. The molecule has 0 radical (unpaired) electrons. The third-order valence-corrected chi connectivity index (χ3v) is 10.7. The highest BCUT2D eigenvalue weighted by Crippen LogP contribution is 2.45. The molecule has 3 N–H and O–H groups in total. The predicted octanol–water partition coefficient (Wildman–Crippen LogP) is 8.52. The monoisotopic (exact) mass is 757 g/mol. The number of aromatic hydroxyl groups is 1. The van der Waals surface area contributed by atoms with Gasteiger partial charge in [0.2, 0.25) is 5.91 Å². The van der Waals surface area contributed by atoms with Crippen molar-refractivity contribution in [2.24, 2.45) is 7.05 Å². The molecule has 0 bridgehead atoms. The molecule has 7 rings (SSSR count). The Kier molecular flexibility index (Phi) is 10.8. The van der Waals surface area contributed by atoms with Crippen LogP contribution in [0.15, 0.2) is 91.1 Å². The highest BCUT2D eigenvalue weighted by atomic mass is 35.5. The average Bonchev–Trinajstić information content (AvgIpc) is 3.63. The van der Waals surface area contributed by atoms with E-state index in [-0.39, 0.29) is 11.7 Å². The van der Waals surface area contributed by atoms with Crippen LogP contribution in [0.4, 0.5) is 5.69 Å². The van der Waals surface area contributed by atoms with E-state index in [4.69, 9.17) is 16.3 Å². The number of benzene rings is 4. The number of nitrogens with one attached hydrogen (secondary N) is 2. The number of carbonyl (C=O) groups is 3. The maximum Gasteiger partial charge on any atom is 0.264 e. The second kappa shape index (κ2) is 15.8. The lowest BCUT2D eigenvalue weighted by Gasteiger charge is -2.29. The van der Waals surface area contributed by atoms with Gasteiger partial charge >= 0.3 is 0 Å². The van der Waals surface area contributed by atoms with Gasteiger partial charge in [-0.1, -0.05) is 61.0 Å². The van der Waals surface area contributed by atoms with Gasteiger partial charge in [0, 0.05) is 35.6 Å². The van der Waals surface area contributed by atoms with Gasteiger partial charge < -0.3 is 20.5 Å². The lowest BCUT2D eigenvalue weighted by Crippen LogP contribution is -2.51. The Morgan fingerprint density at radius 1 is 0.927 bits per heavy atom. The minimum Gasteiger partial charge on any atom is -0.506 e. The molecule has 55 heavy (non-hydrogen) atoms. The van der Waals surface area contributed by atoms with Crippen LogP contribution >= 0.6 is 11.6 Å². The average molecular weight is 758 g/mol. The number of piperidine rings is 1. The van der Waals surface area contributed by atoms with Crippen molar-refractivity contribution in [2.45, 2.75) is 65.0 Å². The maximum absolute atomic E-state index is 13.4. The predicted molar refractivity (Wildman–Crippen MR) is 214 cm³/mol. The van der Waals surface area contributed by atoms with Crippen molar-refractivity contribution >= 4 is 35.0 Å². The fraction of sp³-hybridized carbons (Fsp3) is 0.273. The fourth-order valence-electron chi connectivity index (χ4n) is 7.40. The summed E-state index contributed by atoms with van der Waals surface area (Å²) >= 11 is 6.35. The molecule has 1 atom stereocenters. The Bertz CT molecular complexity index is 2310. The number of phenolic OH excluding ortho intramolecular Hbond substituents is 1. The molecule has 1 aromatic heterocycles.